The van der Waals surface area contributed by atoms with Crippen molar-refractivity contribution in [2.24, 2.45) is 0 Å². The molecule has 0 bridgehead atoms. The molecule has 0 aromatic heterocycles. The van der Waals surface area contributed by atoms with Crippen molar-refractivity contribution in [3.8, 4) is 0 Å². The van der Waals surface area contributed by atoms with Gasteiger partial charge in [0.1, 0.15) is 0 Å². The van der Waals surface area contributed by atoms with Crippen LogP contribution < -0.4 is 16.0 Å². The number of carbonyl (C=O) groups is 3. The Balaban J connectivity index is 1.51. The maximum atomic E-state index is 12.7. The van der Waals surface area contributed by atoms with Crippen molar-refractivity contribution >= 4 is 29.1 Å². The second kappa shape index (κ2) is 11.0. The van der Waals surface area contributed by atoms with Gasteiger partial charge in [-0.3, -0.25) is 14.4 Å². The number of rotatable bonds is 6. The number of carbonyl (C=O) groups excluding carboxylic acids is 3. The zero-order valence-corrected chi connectivity index (χ0v) is 19.7. The van der Waals surface area contributed by atoms with E-state index in [9.17, 15) is 14.4 Å². The molecule has 176 valence electrons. The van der Waals surface area contributed by atoms with E-state index in [1.807, 2.05) is 31.7 Å². The van der Waals surface area contributed by atoms with Gasteiger partial charge in [0.05, 0.1) is 6.54 Å². The van der Waals surface area contributed by atoms with E-state index in [2.05, 4.69) is 16.0 Å². The summed E-state index contributed by atoms with van der Waals surface area (Å²) in [5, 5.41) is 8.80. The lowest BCUT2D eigenvalue weighted by Crippen LogP contribution is -2.40. The van der Waals surface area contributed by atoms with Crippen LogP contribution in [0.2, 0.25) is 0 Å². The Morgan fingerprint density at radius 1 is 0.848 bits per heavy atom. The normalized spacial score (nSPS) is 14.2. The fourth-order valence-electron chi connectivity index (χ4n) is 3.72. The minimum atomic E-state index is -0.326. The molecule has 2 aromatic carbocycles. The first kappa shape index (κ1) is 24.3. The van der Waals surface area contributed by atoms with E-state index in [-0.39, 0.29) is 29.8 Å². The van der Waals surface area contributed by atoms with Gasteiger partial charge in [0, 0.05) is 41.1 Å². The highest BCUT2D eigenvalue weighted by Crippen LogP contribution is 2.16. The first-order valence-electron chi connectivity index (χ1n) is 11.6. The summed E-state index contributed by atoms with van der Waals surface area (Å²) in [5.74, 6) is -0.330. The minimum absolute atomic E-state index is 0.0480. The van der Waals surface area contributed by atoms with E-state index in [1.54, 1.807) is 42.5 Å². The number of nitrogens with one attached hydrogen (secondary N) is 3. The molecule has 1 aliphatic rings. The van der Waals surface area contributed by atoms with Crippen LogP contribution in [0, 0.1) is 0 Å². The summed E-state index contributed by atoms with van der Waals surface area (Å²) in [6.07, 6.45) is 4.46. The van der Waals surface area contributed by atoms with Crippen LogP contribution in [0.5, 0.6) is 0 Å². The number of amides is 3. The van der Waals surface area contributed by atoms with Crippen LogP contribution in [0.3, 0.4) is 0 Å². The average molecular weight is 451 g/mol. The van der Waals surface area contributed by atoms with Crippen LogP contribution in [-0.4, -0.2) is 47.8 Å². The highest BCUT2D eigenvalue weighted by molar-refractivity contribution is 5.97. The van der Waals surface area contributed by atoms with Crippen molar-refractivity contribution in [1.82, 2.24) is 10.2 Å². The van der Waals surface area contributed by atoms with Crippen molar-refractivity contribution in [3.05, 3.63) is 59.7 Å². The van der Waals surface area contributed by atoms with Gasteiger partial charge >= 0.3 is 0 Å². The predicted molar refractivity (Wildman–Crippen MR) is 132 cm³/mol. The lowest BCUT2D eigenvalue weighted by atomic mass is 10.1. The van der Waals surface area contributed by atoms with Crippen LogP contribution in [0.4, 0.5) is 11.4 Å². The molecule has 3 N–H and O–H groups in total. The molecule has 7 nitrogen and oxygen atoms in total. The monoisotopic (exact) mass is 450 g/mol. The first-order chi connectivity index (χ1) is 15.7. The Bertz CT molecular complexity index is 972. The number of anilines is 2. The van der Waals surface area contributed by atoms with Gasteiger partial charge in [-0.05, 0) is 76.1 Å². The van der Waals surface area contributed by atoms with Crippen LogP contribution in [-0.2, 0) is 4.79 Å². The Hall–Kier alpha value is -3.35. The number of hydrogen-bond acceptors (Lipinski definition) is 4. The molecular formula is C26H34N4O3. The van der Waals surface area contributed by atoms with E-state index >= 15 is 0 Å². The predicted octanol–water partition coefficient (Wildman–Crippen LogP) is 4.28. The average Bonchev–Trinajstić information content (AvgIpc) is 3.06. The van der Waals surface area contributed by atoms with E-state index in [4.69, 9.17) is 0 Å². The van der Waals surface area contributed by atoms with E-state index in [0.717, 1.165) is 25.9 Å². The Morgan fingerprint density at radius 2 is 1.52 bits per heavy atom. The molecule has 0 atom stereocenters. The summed E-state index contributed by atoms with van der Waals surface area (Å²) in [6.45, 7) is 7.45. The highest BCUT2D eigenvalue weighted by Gasteiger charge is 2.18. The number of hydrogen-bond donors (Lipinski definition) is 3. The summed E-state index contributed by atoms with van der Waals surface area (Å²) in [6, 6.07) is 14.1. The highest BCUT2D eigenvalue weighted by atomic mass is 16.2. The van der Waals surface area contributed by atoms with Crippen molar-refractivity contribution in [3.63, 3.8) is 0 Å². The van der Waals surface area contributed by atoms with E-state index in [0.29, 0.717) is 22.5 Å². The van der Waals surface area contributed by atoms with Crippen molar-refractivity contribution in [2.45, 2.75) is 52.0 Å². The van der Waals surface area contributed by atoms with Crippen LogP contribution in [0.25, 0.3) is 0 Å². The Labute approximate surface area is 195 Å². The molecule has 3 amide bonds. The van der Waals surface area contributed by atoms with E-state index < -0.39 is 0 Å². The third-order valence-corrected chi connectivity index (χ3v) is 5.38. The Morgan fingerprint density at radius 3 is 2.15 bits per heavy atom. The van der Waals surface area contributed by atoms with Gasteiger partial charge in [0.15, 0.2) is 0 Å². The molecule has 1 heterocycles. The SMILES string of the molecule is CC(C)(C)NC(=O)c1cccc(NCC(=O)Nc2ccc(C(=O)N3CCCCCC3)cc2)c1. The fourth-order valence-corrected chi connectivity index (χ4v) is 3.72. The minimum Gasteiger partial charge on any atom is -0.376 e. The van der Waals surface area contributed by atoms with Crippen LogP contribution in [0.1, 0.15) is 67.2 Å². The summed E-state index contributed by atoms with van der Waals surface area (Å²) >= 11 is 0. The smallest absolute Gasteiger partial charge is 0.253 e. The molecule has 0 radical (unpaired) electrons. The van der Waals surface area contributed by atoms with Gasteiger partial charge < -0.3 is 20.9 Å². The molecule has 1 fully saturated rings. The van der Waals surface area contributed by atoms with Crippen molar-refractivity contribution < 1.29 is 14.4 Å². The second-order valence-corrected chi connectivity index (χ2v) is 9.47. The molecule has 1 saturated heterocycles. The van der Waals surface area contributed by atoms with Crippen LogP contribution >= 0.6 is 0 Å². The molecule has 0 saturated carbocycles. The third kappa shape index (κ3) is 7.63. The lowest BCUT2D eigenvalue weighted by molar-refractivity contribution is -0.114. The quantitative estimate of drug-likeness (QED) is 0.613. The van der Waals surface area contributed by atoms with Gasteiger partial charge in [-0.1, -0.05) is 18.9 Å². The van der Waals surface area contributed by atoms with Gasteiger partial charge in [-0.25, -0.2) is 0 Å². The molecule has 7 heteroatoms. The molecule has 33 heavy (non-hydrogen) atoms. The zero-order chi connectivity index (χ0) is 23.8. The topological polar surface area (TPSA) is 90.5 Å². The number of benzene rings is 2. The zero-order valence-electron chi connectivity index (χ0n) is 19.7. The van der Waals surface area contributed by atoms with Crippen molar-refractivity contribution in [2.75, 3.05) is 30.3 Å². The largest absolute Gasteiger partial charge is 0.376 e. The Kier molecular flexibility index (Phi) is 8.09. The molecule has 1 aliphatic heterocycles. The molecule has 0 unspecified atom stereocenters. The summed E-state index contributed by atoms with van der Waals surface area (Å²) in [7, 11) is 0. The molecule has 3 rings (SSSR count). The first-order valence-corrected chi connectivity index (χ1v) is 11.6. The molecule has 0 aliphatic carbocycles. The molecular weight excluding hydrogens is 416 g/mol. The summed E-state index contributed by atoms with van der Waals surface area (Å²) in [4.78, 5) is 39.3. The van der Waals surface area contributed by atoms with Gasteiger partial charge in [-0.2, -0.15) is 0 Å². The van der Waals surface area contributed by atoms with Gasteiger partial charge in [-0.15, -0.1) is 0 Å². The second-order valence-electron chi connectivity index (χ2n) is 9.47. The number of likely N-dealkylation sites (tertiary alicyclic amines) is 1. The molecule has 2 aromatic rings. The van der Waals surface area contributed by atoms with Crippen molar-refractivity contribution in [1.29, 1.82) is 0 Å². The van der Waals surface area contributed by atoms with Gasteiger partial charge in [0.2, 0.25) is 5.91 Å². The van der Waals surface area contributed by atoms with Crippen LogP contribution in [0.15, 0.2) is 48.5 Å². The maximum absolute atomic E-state index is 12.7. The summed E-state index contributed by atoms with van der Waals surface area (Å²) in [5.41, 5.74) is 2.16. The molecule has 0 spiro atoms. The lowest BCUT2D eigenvalue weighted by Gasteiger charge is -2.20. The standard InChI is InChI=1S/C26H34N4O3/c1-26(2,3)29-24(32)20-9-8-10-22(17-20)27-18-23(31)28-21-13-11-19(12-14-21)25(33)30-15-6-4-5-7-16-30/h8-14,17,27H,4-7,15-16,18H2,1-3H3,(H,28,31)(H,29,32). The maximum Gasteiger partial charge on any atom is 0.253 e. The summed E-state index contributed by atoms with van der Waals surface area (Å²) < 4.78 is 0. The fraction of sp³-hybridized carbons (Fsp3) is 0.423. The third-order valence-electron chi connectivity index (χ3n) is 5.38. The van der Waals surface area contributed by atoms with Gasteiger partial charge in [0.25, 0.3) is 11.8 Å². The van der Waals surface area contributed by atoms with E-state index in [1.165, 1.54) is 12.8 Å². The number of nitrogens with zero attached hydrogens (tertiary/aromatic N) is 1.